The fourth-order valence-electron chi connectivity index (χ4n) is 4.76. The molecule has 1 aliphatic heterocycles. The van der Waals surface area contributed by atoms with Crippen LogP contribution in [0.15, 0.2) is 42.5 Å². The van der Waals surface area contributed by atoms with Crippen LogP contribution in [0.4, 0.5) is 30.2 Å². The number of piperazine rings is 1. The molecule has 202 valence electrons. The second-order valence-corrected chi connectivity index (χ2v) is 9.73. The number of nitrogens with one attached hydrogen (secondary N) is 1. The minimum atomic E-state index is -4.66. The van der Waals surface area contributed by atoms with E-state index in [1.807, 2.05) is 24.3 Å². The molecule has 0 unspecified atom stereocenters. The molecule has 0 bridgehead atoms. The third-order valence-electron chi connectivity index (χ3n) is 6.84. The first-order chi connectivity index (χ1) is 17.6. The molecule has 1 heterocycles. The van der Waals surface area contributed by atoms with Gasteiger partial charge < -0.3 is 19.9 Å². The van der Waals surface area contributed by atoms with E-state index in [-0.39, 0.29) is 41.3 Å². The molecule has 2 aromatic rings. The number of alkyl halides is 3. The Morgan fingerprint density at radius 2 is 1.68 bits per heavy atom. The van der Waals surface area contributed by atoms with Gasteiger partial charge in [-0.15, -0.1) is 5.23 Å². The molecular weight excluding hydrogens is 513 g/mol. The number of hydrogen-bond acceptors (Lipinski definition) is 7. The SMILES string of the molecule is O=C(COC1CCC(Nc2ccc(N(O)O)cc2C(F)(F)F)CC1)N1CCN(c2ccc(Cl)cc2)CC1. The lowest BCUT2D eigenvalue weighted by Gasteiger charge is -2.36. The van der Waals surface area contributed by atoms with Crippen molar-refractivity contribution in [1.29, 1.82) is 0 Å². The molecule has 0 spiro atoms. The molecule has 4 rings (SSSR count). The van der Waals surface area contributed by atoms with E-state index < -0.39 is 11.7 Å². The fourth-order valence-corrected chi connectivity index (χ4v) is 4.88. The molecule has 1 amide bonds. The van der Waals surface area contributed by atoms with Gasteiger partial charge in [-0.3, -0.25) is 15.2 Å². The fraction of sp³-hybridized carbons (Fsp3) is 0.480. The predicted octanol–water partition coefficient (Wildman–Crippen LogP) is 5.03. The number of rotatable bonds is 7. The number of carbonyl (C=O) groups excluding carboxylic acids is 1. The average molecular weight is 543 g/mol. The van der Waals surface area contributed by atoms with E-state index in [9.17, 15) is 18.0 Å². The van der Waals surface area contributed by atoms with Crippen LogP contribution < -0.4 is 15.4 Å². The van der Waals surface area contributed by atoms with E-state index in [0.29, 0.717) is 49.9 Å². The molecule has 0 radical (unpaired) electrons. The van der Waals surface area contributed by atoms with Crippen molar-refractivity contribution in [3.8, 4) is 0 Å². The number of ether oxygens (including phenoxy) is 1. The normalized spacial score (nSPS) is 20.6. The quantitative estimate of drug-likeness (QED) is 0.423. The number of carbonyl (C=O) groups is 1. The van der Waals surface area contributed by atoms with Crippen molar-refractivity contribution in [2.45, 2.75) is 44.0 Å². The zero-order valence-corrected chi connectivity index (χ0v) is 20.9. The molecular formula is C25H30ClF3N4O4. The van der Waals surface area contributed by atoms with Gasteiger partial charge in [0.05, 0.1) is 17.4 Å². The molecule has 8 nitrogen and oxygen atoms in total. The van der Waals surface area contributed by atoms with Crippen molar-refractivity contribution < 1.29 is 33.1 Å². The van der Waals surface area contributed by atoms with E-state index in [4.69, 9.17) is 26.8 Å². The van der Waals surface area contributed by atoms with Gasteiger partial charge in [-0.05, 0) is 68.1 Å². The third kappa shape index (κ3) is 7.19. The van der Waals surface area contributed by atoms with Gasteiger partial charge in [-0.25, -0.2) is 0 Å². The highest BCUT2D eigenvalue weighted by atomic mass is 35.5. The van der Waals surface area contributed by atoms with Crippen LogP contribution >= 0.6 is 11.6 Å². The summed E-state index contributed by atoms with van der Waals surface area (Å²) < 4.78 is 46.3. The monoisotopic (exact) mass is 542 g/mol. The molecule has 37 heavy (non-hydrogen) atoms. The zero-order valence-electron chi connectivity index (χ0n) is 20.1. The largest absolute Gasteiger partial charge is 0.418 e. The summed E-state index contributed by atoms with van der Waals surface area (Å²) in [6, 6.07) is 10.5. The van der Waals surface area contributed by atoms with Gasteiger partial charge in [-0.2, -0.15) is 13.2 Å². The van der Waals surface area contributed by atoms with Crippen LogP contribution in [0.2, 0.25) is 5.02 Å². The number of nitrogens with zero attached hydrogens (tertiary/aromatic N) is 3. The summed E-state index contributed by atoms with van der Waals surface area (Å²) in [5.41, 5.74) is -0.403. The summed E-state index contributed by atoms with van der Waals surface area (Å²) in [4.78, 5) is 16.6. The van der Waals surface area contributed by atoms with Gasteiger partial charge in [0, 0.05) is 48.6 Å². The summed E-state index contributed by atoms with van der Waals surface area (Å²) >= 11 is 5.95. The van der Waals surface area contributed by atoms with Gasteiger partial charge >= 0.3 is 6.18 Å². The number of anilines is 3. The Morgan fingerprint density at radius 3 is 2.27 bits per heavy atom. The van der Waals surface area contributed by atoms with Crippen LogP contribution in [0, 0.1) is 0 Å². The number of halogens is 4. The molecule has 0 atom stereocenters. The smallest absolute Gasteiger partial charge is 0.382 e. The lowest BCUT2D eigenvalue weighted by atomic mass is 9.92. The predicted molar refractivity (Wildman–Crippen MR) is 133 cm³/mol. The van der Waals surface area contributed by atoms with Crippen LogP contribution in [-0.2, 0) is 15.7 Å². The Labute approximate surface area is 218 Å². The first kappa shape index (κ1) is 27.3. The first-order valence-electron chi connectivity index (χ1n) is 12.2. The average Bonchev–Trinajstić information content (AvgIpc) is 2.88. The molecule has 2 fully saturated rings. The van der Waals surface area contributed by atoms with E-state index in [1.165, 1.54) is 12.1 Å². The highest BCUT2D eigenvalue weighted by Gasteiger charge is 2.35. The Balaban J connectivity index is 1.21. The maximum Gasteiger partial charge on any atom is 0.418 e. The van der Waals surface area contributed by atoms with E-state index >= 15 is 0 Å². The van der Waals surface area contributed by atoms with Gasteiger partial charge in [0.15, 0.2) is 0 Å². The number of amides is 1. The molecule has 3 N–H and O–H groups in total. The first-order valence-corrected chi connectivity index (χ1v) is 12.5. The summed E-state index contributed by atoms with van der Waals surface area (Å²) in [5, 5.41) is 21.4. The minimum Gasteiger partial charge on any atom is -0.382 e. The van der Waals surface area contributed by atoms with Crippen LogP contribution in [0.25, 0.3) is 0 Å². The summed E-state index contributed by atoms with van der Waals surface area (Å²) in [6.07, 6.45) is -2.37. The molecule has 12 heteroatoms. The lowest BCUT2D eigenvalue weighted by Crippen LogP contribution is -2.50. The van der Waals surface area contributed by atoms with Gasteiger partial charge in [0.1, 0.15) is 6.61 Å². The molecule has 1 aliphatic carbocycles. The summed E-state index contributed by atoms with van der Waals surface area (Å²) in [7, 11) is 0. The third-order valence-corrected chi connectivity index (χ3v) is 7.09. The van der Waals surface area contributed by atoms with Gasteiger partial charge in [0.2, 0.25) is 5.91 Å². The Bertz CT molecular complexity index is 1050. The second kappa shape index (κ2) is 11.8. The van der Waals surface area contributed by atoms with Crippen molar-refractivity contribution in [3.63, 3.8) is 0 Å². The molecule has 1 saturated carbocycles. The van der Waals surface area contributed by atoms with E-state index in [2.05, 4.69) is 10.2 Å². The van der Waals surface area contributed by atoms with Crippen molar-refractivity contribution in [2.24, 2.45) is 0 Å². The Hall–Kier alpha value is -2.73. The van der Waals surface area contributed by atoms with Crippen molar-refractivity contribution in [2.75, 3.05) is 48.2 Å². The van der Waals surface area contributed by atoms with E-state index in [1.54, 1.807) is 4.90 Å². The number of hydrogen-bond donors (Lipinski definition) is 3. The van der Waals surface area contributed by atoms with Gasteiger partial charge in [0.25, 0.3) is 0 Å². The molecule has 2 aromatic carbocycles. The standard InChI is InChI=1S/C25H30ClF3N4O4/c26-17-1-5-19(6-2-17)31-11-13-32(14-12-31)24(34)16-37-21-8-3-18(4-9-21)30-23-10-7-20(33(35)36)15-22(23)25(27,28)29/h1-2,5-7,10,15,18,21,30,35-36H,3-4,8-9,11-14,16H2. The van der Waals surface area contributed by atoms with Crippen LogP contribution in [-0.4, -0.2) is 66.2 Å². The molecule has 0 aromatic heterocycles. The van der Waals surface area contributed by atoms with Crippen LogP contribution in [0.5, 0.6) is 0 Å². The molecule has 2 aliphatic rings. The van der Waals surface area contributed by atoms with Crippen LogP contribution in [0.1, 0.15) is 31.2 Å². The summed E-state index contributed by atoms with van der Waals surface area (Å²) in [6.45, 7) is 2.64. The van der Waals surface area contributed by atoms with Crippen LogP contribution in [0.3, 0.4) is 0 Å². The van der Waals surface area contributed by atoms with Crippen molar-refractivity contribution >= 4 is 34.6 Å². The lowest BCUT2D eigenvalue weighted by molar-refractivity contribution is -0.139. The maximum atomic E-state index is 13.5. The minimum absolute atomic E-state index is 0.0117. The Kier molecular flexibility index (Phi) is 8.68. The zero-order chi connectivity index (χ0) is 26.6. The van der Waals surface area contributed by atoms with Crippen molar-refractivity contribution in [1.82, 2.24) is 4.90 Å². The molecule has 1 saturated heterocycles. The second-order valence-electron chi connectivity index (χ2n) is 9.29. The number of benzene rings is 2. The topological polar surface area (TPSA) is 88.5 Å². The summed E-state index contributed by atoms with van der Waals surface area (Å²) in [5.74, 6) is -0.0623. The van der Waals surface area contributed by atoms with Gasteiger partial charge in [-0.1, -0.05) is 11.6 Å². The highest BCUT2D eigenvalue weighted by molar-refractivity contribution is 6.30. The van der Waals surface area contributed by atoms with E-state index in [0.717, 1.165) is 18.8 Å². The highest BCUT2D eigenvalue weighted by Crippen LogP contribution is 2.38. The van der Waals surface area contributed by atoms with Crippen molar-refractivity contribution in [3.05, 3.63) is 53.1 Å². The Morgan fingerprint density at radius 1 is 1.03 bits per heavy atom. The maximum absolute atomic E-state index is 13.5.